The van der Waals surface area contributed by atoms with E-state index in [2.05, 4.69) is 11.8 Å². The Kier molecular flexibility index (Phi) is 5.00. The molecule has 2 saturated carbocycles. The van der Waals surface area contributed by atoms with E-state index in [1.165, 1.54) is 38.5 Å². The molecule has 2 bridgehead atoms. The third-order valence-electron chi connectivity index (χ3n) is 5.87. The number of aliphatic hydroxyl groups is 1. The molecule has 1 aliphatic heterocycles. The van der Waals surface area contributed by atoms with Crippen LogP contribution < -0.4 is 0 Å². The first-order chi connectivity index (χ1) is 9.70. The first-order valence-electron chi connectivity index (χ1n) is 8.69. The van der Waals surface area contributed by atoms with Crippen LogP contribution in [0, 0.1) is 23.7 Å². The van der Waals surface area contributed by atoms with Crippen LogP contribution in [0.2, 0.25) is 0 Å². The Labute approximate surface area is 123 Å². The molecule has 0 spiro atoms. The molecule has 3 fully saturated rings. The predicted octanol–water partition coefficient (Wildman–Crippen LogP) is 2.53. The van der Waals surface area contributed by atoms with E-state index in [-0.39, 0.29) is 6.10 Å². The quantitative estimate of drug-likeness (QED) is 0.812. The van der Waals surface area contributed by atoms with Crippen molar-refractivity contribution in [3.05, 3.63) is 0 Å². The minimum Gasteiger partial charge on any atom is -0.389 e. The highest BCUT2D eigenvalue weighted by molar-refractivity contribution is 4.89. The van der Waals surface area contributed by atoms with Crippen molar-refractivity contribution >= 4 is 0 Å². The molecule has 2 aliphatic carbocycles. The SMILES string of the molecule is CC1CCN(C[C@@H](O)COC[C@H]2C[C@H]3CC[C@H]2C3)CC1. The lowest BCUT2D eigenvalue weighted by Gasteiger charge is -2.31. The maximum absolute atomic E-state index is 10.1. The van der Waals surface area contributed by atoms with E-state index in [1.54, 1.807) is 0 Å². The Bertz CT molecular complexity index is 301. The van der Waals surface area contributed by atoms with Gasteiger partial charge in [-0.2, -0.15) is 0 Å². The molecule has 0 amide bonds. The molecule has 3 rings (SSSR count). The Morgan fingerprint density at radius 3 is 2.60 bits per heavy atom. The molecule has 0 unspecified atom stereocenters. The van der Waals surface area contributed by atoms with Crippen molar-refractivity contribution in [2.45, 2.75) is 51.6 Å². The number of ether oxygens (including phenoxy) is 1. The molecular weight excluding hydrogens is 250 g/mol. The minimum absolute atomic E-state index is 0.304. The van der Waals surface area contributed by atoms with Gasteiger partial charge in [0.1, 0.15) is 0 Å². The fourth-order valence-electron chi connectivity index (χ4n) is 4.53. The normalized spacial score (nSPS) is 36.6. The summed E-state index contributed by atoms with van der Waals surface area (Å²) >= 11 is 0. The number of likely N-dealkylation sites (tertiary alicyclic amines) is 1. The van der Waals surface area contributed by atoms with E-state index < -0.39 is 0 Å². The fourth-order valence-corrected chi connectivity index (χ4v) is 4.53. The average Bonchev–Trinajstić information content (AvgIpc) is 3.04. The Morgan fingerprint density at radius 1 is 1.15 bits per heavy atom. The molecule has 4 atom stereocenters. The van der Waals surface area contributed by atoms with E-state index in [0.29, 0.717) is 6.61 Å². The van der Waals surface area contributed by atoms with Gasteiger partial charge in [-0.3, -0.25) is 0 Å². The molecule has 0 aromatic rings. The van der Waals surface area contributed by atoms with Crippen molar-refractivity contribution in [1.29, 1.82) is 0 Å². The molecule has 3 nitrogen and oxygen atoms in total. The molecule has 20 heavy (non-hydrogen) atoms. The molecule has 1 saturated heterocycles. The molecule has 1 heterocycles. The van der Waals surface area contributed by atoms with Crippen molar-refractivity contribution < 1.29 is 9.84 Å². The topological polar surface area (TPSA) is 32.7 Å². The summed E-state index contributed by atoms with van der Waals surface area (Å²) in [6.45, 7) is 6.82. The van der Waals surface area contributed by atoms with Crippen LogP contribution in [-0.4, -0.2) is 49.0 Å². The summed E-state index contributed by atoms with van der Waals surface area (Å²) in [6, 6.07) is 0. The third kappa shape index (κ3) is 3.75. The number of β-amino-alcohol motifs (C(OH)–C–C–N with tert-alkyl or cyclic N) is 1. The zero-order valence-electron chi connectivity index (χ0n) is 13.0. The smallest absolute Gasteiger partial charge is 0.0900 e. The summed E-state index contributed by atoms with van der Waals surface area (Å²) < 4.78 is 5.82. The molecule has 0 radical (unpaired) electrons. The van der Waals surface area contributed by atoms with Crippen LogP contribution in [0.4, 0.5) is 0 Å². The summed E-state index contributed by atoms with van der Waals surface area (Å²) in [5.74, 6) is 3.57. The molecule has 0 aromatic carbocycles. The molecule has 3 heteroatoms. The molecule has 116 valence electrons. The summed E-state index contributed by atoms with van der Waals surface area (Å²) in [4.78, 5) is 2.39. The number of nitrogens with zero attached hydrogens (tertiary/aromatic N) is 1. The van der Waals surface area contributed by atoms with E-state index in [1.807, 2.05) is 0 Å². The first-order valence-corrected chi connectivity index (χ1v) is 8.69. The summed E-state index contributed by atoms with van der Waals surface area (Å²) in [6.07, 6.45) is 7.96. The van der Waals surface area contributed by atoms with Crippen molar-refractivity contribution in [2.24, 2.45) is 23.7 Å². The zero-order valence-corrected chi connectivity index (χ0v) is 13.0. The molecule has 1 N–H and O–H groups in total. The van der Waals surface area contributed by atoms with Gasteiger partial charge in [-0.15, -0.1) is 0 Å². The second kappa shape index (κ2) is 6.76. The van der Waals surface area contributed by atoms with Crippen LogP contribution in [0.5, 0.6) is 0 Å². The number of piperidine rings is 1. The monoisotopic (exact) mass is 281 g/mol. The fraction of sp³-hybridized carbons (Fsp3) is 1.00. The lowest BCUT2D eigenvalue weighted by Crippen LogP contribution is -2.40. The second-order valence-corrected chi connectivity index (χ2v) is 7.61. The standard InChI is InChI=1S/C17H31NO2/c1-13-4-6-18(7-5-13)10-17(19)12-20-11-16-9-14-2-3-15(16)8-14/h13-17,19H,2-12H2,1H3/t14-,15-,16+,17+/m0/s1. The molecule has 3 aliphatic rings. The van der Waals surface area contributed by atoms with Crippen LogP contribution in [0.1, 0.15) is 45.4 Å². The number of fused-ring (bicyclic) bond motifs is 2. The highest BCUT2D eigenvalue weighted by Gasteiger charge is 2.39. The maximum atomic E-state index is 10.1. The van der Waals surface area contributed by atoms with Gasteiger partial charge in [0.2, 0.25) is 0 Å². The predicted molar refractivity (Wildman–Crippen MR) is 80.6 cm³/mol. The van der Waals surface area contributed by atoms with Crippen LogP contribution in [0.3, 0.4) is 0 Å². The average molecular weight is 281 g/mol. The lowest BCUT2D eigenvalue weighted by molar-refractivity contribution is -0.00595. The number of rotatable bonds is 6. The van der Waals surface area contributed by atoms with Crippen LogP contribution in [0.15, 0.2) is 0 Å². The molecular formula is C17H31NO2. The second-order valence-electron chi connectivity index (χ2n) is 7.61. The Hall–Kier alpha value is -0.120. The summed E-state index contributed by atoms with van der Waals surface area (Å²) in [5, 5.41) is 10.1. The number of aliphatic hydroxyl groups excluding tert-OH is 1. The van der Waals surface area contributed by atoms with Gasteiger partial charge >= 0.3 is 0 Å². The van der Waals surface area contributed by atoms with Crippen molar-refractivity contribution in [1.82, 2.24) is 4.90 Å². The minimum atomic E-state index is -0.304. The van der Waals surface area contributed by atoms with Crippen molar-refractivity contribution in [3.8, 4) is 0 Å². The van der Waals surface area contributed by atoms with Gasteiger partial charge in [0, 0.05) is 13.2 Å². The highest BCUT2D eigenvalue weighted by atomic mass is 16.5. The van der Waals surface area contributed by atoms with Gasteiger partial charge in [0.15, 0.2) is 0 Å². The summed E-state index contributed by atoms with van der Waals surface area (Å²) in [5.41, 5.74) is 0. The van der Waals surface area contributed by atoms with Crippen molar-refractivity contribution in [3.63, 3.8) is 0 Å². The summed E-state index contributed by atoms with van der Waals surface area (Å²) in [7, 11) is 0. The number of hydrogen-bond donors (Lipinski definition) is 1. The van der Waals surface area contributed by atoms with Gasteiger partial charge in [-0.05, 0) is 68.9 Å². The maximum Gasteiger partial charge on any atom is 0.0900 e. The molecule has 0 aromatic heterocycles. The van der Waals surface area contributed by atoms with E-state index in [4.69, 9.17) is 4.74 Å². The van der Waals surface area contributed by atoms with Crippen LogP contribution in [0.25, 0.3) is 0 Å². The Morgan fingerprint density at radius 2 is 1.95 bits per heavy atom. The van der Waals surface area contributed by atoms with Gasteiger partial charge in [-0.25, -0.2) is 0 Å². The van der Waals surface area contributed by atoms with Crippen LogP contribution in [-0.2, 0) is 4.74 Å². The zero-order chi connectivity index (χ0) is 13.9. The largest absolute Gasteiger partial charge is 0.389 e. The van der Waals surface area contributed by atoms with E-state index >= 15 is 0 Å². The van der Waals surface area contributed by atoms with Gasteiger partial charge in [0.05, 0.1) is 12.7 Å². The van der Waals surface area contributed by atoms with E-state index in [9.17, 15) is 5.11 Å². The van der Waals surface area contributed by atoms with Crippen LogP contribution >= 0.6 is 0 Å². The third-order valence-corrected chi connectivity index (χ3v) is 5.87. The lowest BCUT2D eigenvalue weighted by atomic mass is 9.90. The van der Waals surface area contributed by atoms with Gasteiger partial charge in [-0.1, -0.05) is 13.3 Å². The van der Waals surface area contributed by atoms with Gasteiger partial charge in [0.25, 0.3) is 0 Å². The van der Waals surface area contributed by atoms with E-state index in [0.717, 1.165) is 49.9 Å². The van der Waals surface area contributed by atoms with Gasteiger partial charge < -0.3 is 14.7 Å². The Balaban J connectivity index is 1.28. The highest BCUT2D eigenvalue weighted by Crippen LogP contribution is 2.48. The van der Waals surface area contributed by atoms with Crippen molar-refractivity contribution in [2.75, 3.05) is 32.8 Å². The number of hydrogen-bond acceptors (Lipinski definition) is 3. The first kappa shape index (κ1) is 14.8.